The molecule has 2 N–H and O–H groups in total. The average Bonchev–Trinajstić information content (AvgIpc) is 2.70. The number of nitrogens with one attached hydrogen (secondary N) is 2. The number of rotatable bonds is 0. The normalized spacial score (nSPS) is 26.8. The van der Waals surface area contributed by atoms with Gasteiger partial charge >= 0.3 is 6.03 Å². The molecule has 3 amide bonds. The topological polar surface area (TPSA) is 58.2 Å². The van der Waals surface area contributed by atoms with E-state index in [4.69, 9.17) is 11.6 Å². The minimum absolute atomic E-state index is 0.265. The first-order valence-corrected chi connectivity index (χ1v) is 5.42. The highest BCUT2D eigenvalue weighted by atomic mass is 35.5. The van der Waals surface area contributed by atoms with Gasteiger partial charge in [-0.25, -0.2) is 4.79 Å². The van der Waals surface area contributed by atoms with Crippen molar-refractivity contribution in [1.29, 1.82) is 0 Å². The number of amides is 3. The minimum Gasteiger partial charge on any atom is -0.319 e. The molecular weight excluding hydrogens is 228 g/mol. The van der Waals surface area contributed by atoms with Gasteiger partial charge < -0.3 is 5.32 Å². The first-order valence-electron chi connectivity index (χ1n) is 5.04. The molecule has 1 saturated heterocycles. The van der Waals surface area contributed by atoms with Crippen LogP contribution in [0.2, 0.25) is 5.02 Å². The Hall–Kier alpha value is -1.55. The van der Waals surface area contributed by atoms with Crippen molar-refractivity contribution in [2.24, 2.45) is 0 Å². The van der Waals surface area contributed by atoms with Gasteiger partial charge in [0, 0.05) is 5.02 Å². The van der Waals surface area contributed by atoms with Gasteiger partial charge in [-0.2, -0.15) is 0 Å². The second kappa shape index (κ2) is 2.98. The molecule has 1 aliphatic carbocycles. The van der Waals surface area contributed by atoms with Crippen LogP contribution in [0.4, 0.5) is 4.79 Å². The minimum atomic E-state index is -0.864. The Morgan fingerprint density at radius 1 is 1.31 bits per heavy atom. The van der Waals surface area contributed by atoms with Gasteiger partial charge in [0.05, 0.1) is 0 Å². The summed E-state index contributed by atoms with van der Waals surface area (Å²) in [7, 11) is 0. The summed E-state index contributed by atoms with van der Waals surface area (Å²) in [4.78, 5) is 23.1. The zero-order valence-electron chi connectivity index (χ0n) is 8.34. The van der Waals surface area contributed by atoms with Gasteiger partial charge in [-0.3, -0.25) is 10.1 Å². The highest BCUT2D eigenvalue weighted by Gasteiger charge is 2.51. The van der Waals surface area contributed by atoms with E-state index in [1.165, 1.54) is 0 Å². The number of aryl methyl sites for hydroxylation is 1. The standard InChI is InChI=1S/C11H9ClN2O2/c12-7-1-2-8-6(5-7)3-4-11(8)9(15)13-10(16)14-11/h1-2,5H,3-4H2,(H2,13,14,15,16)/t11-/m0/s1. The molecule has 1 spiro atoms. The quantitative estimate of drug-likeness (QED) is 0.668. The molecule has 1 aliphatic heterocycles. The van der Waals surface area contributed by atoms with Crippen molar-refractivity contribution in [2.45, 2.75) is 18.4 Å². The Labute approximate surface area is 97.0 Å². The number of carbonyl (C=O) groups is 2. The Morgan fingerprint density at radius 3 is 2.81 bits per heavy atom. The summed E-state index contributed by atoms with van der Waals surface area (Å²) in [6.45, 7) is 0. The lowest BCUT2D eigenvalue weighted by molar-refractivity contribution is -0.124. The summed E-state index contributed by atoms with van der Waals surface area (Å²) < 4.78 is 0. The zero-order chi connectivity index (χ0) is 11.3. The van der Waals surface area contributed by atoms with E-state index in [0.717, 1.165) is 17.5 Å². The maximum Gasteiger partial charge on any atom is 0.322 e. The monoisotopic (exact) mass is 236 g/mol. The molecule has 2 aliphatic rings. The van der Waals surface area contributed by atoms with Crippen LogP contribution in [-0.2, 0) is 16.8 Å². The van der Waals surface area contributed by atoms with E-state index < -0.39 is 11.6 Å². The number of fused-ring (bicyclic) bond motifs is 2. The number of carbonyl (C=O) groups excluding carboxylic acids is 2. The van der Waals surface area contributed by atoms with E-state index in [0.29, 0.717) is 11.4 Å². The van der Waals surface area contributed by atoms with Gasteiger partial charge in [-0.05, 0) is 36.1 Å². The molecule has 0 aromatic heterocycles. The molecule has 3 rings (SSSR count). The van der Waals surface area contributed by atoms with Gasteiger partial charge in [0.25, 0.3) is 5.91 Å². The molecule has 82 valence electrons. The molecule has 0 radical (unpaired) electrons. The molecular formula is C11H9ClN2O2. The average molecular weight is 237 g/mol. The number of urea groups is 1. The number of halogens is 1. The van der Waals surface area contributed by atoms with Gasteiger partial charge in [-0.15, -0.1) is 0 Å². The second-order valence-electron chi connectivity index (χ2n) is 4.12. The highest BCUT2D eigenvalue weighted by molar-refractivity contribution is 6.30. The molecule has 0 bridgehead atoms. The molecule has 1 fully saturated rings. The summed E-state index contributed by atoms with van der Waals surface area (Å²) in [5.74, 6) is -0.265. The van der Waals surface area contributed by atoms with Crippen LogP contribution in [0.5, 0.6) is 0 Å². The van der Waals surface area contributed by atoms with Crippen LogP contribution >= 0.6 is 11.6 Å². The maximum atomic E-state index is 11.8. The predicted octanol–water partition coefficient (Wildman–Crippen LogP) is 1.32. The van der Waals surface area contributed by atoms with Gasteiger partial charge in [0.1, 0.15) is 5.54 Å². The molecule has 0 unspecified atom stereocenters. The van der Waals surface area contributed by atoms with Crippen LogP contribution in [0.15, 0.2) is 18.2 Å². The first-order chi connectivity index (χ1) is 7.62. The summed E-state index contributed by atoms with van der Waals surface area (Å²) in [6, 6.07) is 4.98. The lowest BCUT2D eigenvalue weighted by Gasteiger charge is -2.20. The third-order valence-electron chi connectivity index (χ3n) is 3.24. The molecule has 1 aromatic carbocycles. The number of hydrogen-bond acceptors (Lipinski definition) is 2. The van der Waals surface area contributed by atoms with E-state index in [2.05, 4.69) is 10.6 Å². The van der Waals surface area contributed by atoms with Crippen molar-refractivity contribution in [3.63, 3.8) is 0 Å². The fourth-order valence-corrected chi connectivity index (χ4v) is 2.69. The van der Waals surface area contributed by atoms with Crippen LogP contribution in [0.25, 0.3) is 0 Å². The van der Waals surface area contributed by atoms with E-state index in [1.54, 1.807) is 6.07 Å². The van der Waals surface area contributed by atoms with E-state index >= 15 is 0 Å². The van der Waals surface area contributed by atoms with Crippen molar-refractivity contribution < 1.29 is 9.59 Å². The molecule has 1 heterocycles. The van der Waals surface area contributed by atoms with E-state index in [9.17, 15) is 9.59 Å². The third-order valence-corrected chi connectivity index (χ3v) is 3.47. The van der Waals surface area contributed by atoms with Crippen molar-refractivity contribution in [2.75, 3.05) is 0 Å². The van der Waals surface area contributed by atoms with Crippen molar-refractivity contribution in [3.05, 3.63) is 34.3 Å². The smallest absolute Gasteiger partial charge is 0.319 e. The SMILES string of the molecule is O=C1NC(=O)[C@@]2(CCc3cc(Cl)ccc32)N1. The van der Waals surface area contributed by atoms with E-state index in [1.807, 2.05) is 12.1 Å². The molecule has 4 nitrogen and oxygen atoms in total. The fraction of sp³-hybridized carbons (Fsp3) is 0.273. The summed E-state index contributed by atoms with van der Waals surface area (Å²) in [6.07, 6.45) is 1.35. The number of imide groups is 1. The van der Waals surface area contributed by atoms with Gasteiger partial charge in [0.15, 0.2) is 0 Å². The molecule has 0 saturated carbocycles. The fourth-order valence-electron chi connectivity index (χ4n) is 2.50. The molecule has 1 atom stereocenters. The van der Waals surface area contributed by atoms with Crippen LogP contribution < -0.4 is 10.6 Å². The Kier molecular flexibility index (Phi) is 1.80. The largest absolute Gasteiger partial charge is 0.322 e. The summed E-state index contributed by atoms with van der Waals surface area (Å²) in [5.41, 5.74) is 1.03. The van der Waals surface area contributed by atoms with E-state index in [-0.39, 0.29) is 5.91 Å². The summed E-state index contributed by atoms with van der Waals surface area (Å²) in [5, 5.41) is 5.65. The number of benzene rings is 1. The number of hydrogen-bond donors (Lipinski definition) is 2. The molecule has 16 heavy (non-hydrogen) atoms. The third kappa shape index (κ3) is 1.10. The first kappa shape index (κ1) is 9.66. The Bertz CT molecular complexity index is 515. The zero-order valence-corrected chi connectivity index (χ0v) is 9.10. The van der Waals surface area contributed by atoms with Gasteiger partial charge in [-0.1, -0.05) is 17.7 Å². The lowest BCUT2D eigenvalue weighted by Crippen LogP contribution is -2.41. The summed E-state index contributed by atoms with van der Waals surface area (Å²) >= 11 is 5.90. The predicted molar refractivity (Wildman–Crippen MR) is 58.1 cm³/mol. The van der Waals surface area contributed by atoms with Crippen LogP contribution in [-0.4, -0.2) is 11.9 Å². The maximum absolute atomic E-state index is 11.8. The van der Waals surface area contributed by atoms with Crippen molar-refractivity contribution in [3.8, 4) is 0 Å². The van der Waals surface area contributed by atoms with Crippen LogP contribution in [0, 0.1) is 0 Å². The van der Waals surface area contributed by atoms with Crippen LogP contribution in [0.1, 0.15) is 17.5 Å². The van der Waals surface area contributed by atoms with Crippen molar-refractivity contribution in [1.82, 2.24) is 10.6 Å². The lowest BCUT2D eigenvalue weighted by atomic mass is 9.92. The van der Waals surface area contributed by atoms with Crippen LogP contribution in [0.3, 0.4) is 0 Å². The Balaban J connectivity index is 2.15. The molecule has 5 heteroatoms. The Morgan fingerprint density at radius 2 is 2.12 bits per heavy atom. The van der Waals surface area contributed by atoms with Crippen molar-refractivity contribution >= 4 is 23.5 Å². The van der Waals surface area contributed by atoms with Gasteiger partial charge in [0.2, 0.25) is 0 Å². The molecule has 1 aromatic rings. The second-order valence-corrected chi connectivity index (χ2v) is 4.55. The highest BCUT2D eigenvalue weighted by Crippen LogP contribution is 2.39.